The van der Waals surface area contributed by atoms with Gasteiger partial charge in [-0.1, -0.05) is 176 Å². The standard InChI is InChI=1S/C54H38N2/c1-4-13-39(14-5-1)41-23-31-46(32-24-41)55(47-33-25-42(26-34-47)40-15-6-2-7-16-40)48-35-27-43(28-36-48)44-29-37-49(38-30-44)56-53-22-11-10-19-51(53)52-21-12-20-50(54(52)56)45-17-8-3-9-18-45/h1-38H. The van der Waals surface area contributed by atoms with Crippen molar-refractivity contribution in [3.63, 3.8) is 0 Å². The van der Waals surface area contributed by atoms with Crippen LogP contribution in [0.25, 0.3) is 72.0 Å². The Morgan fingerprint density at radius 2 is 0.643 bits per heavy atom. The van der Waals surface area contributed by atoms with Gasteiger partial charge in [0.2, 0.25) is 0 Å². The van der Waals surface area contributed by atoms with Crippen molar-refractivity contribution in [1.29, 1.82) is 0 Å². The zero-order chi connectivity index (χ0) is 37.3. The minimum Gasteiger partial charge on any atom is -0.311 e. The molecule has 1 heterocycles. The Bertz CT molecular complexity index is 2810. The molecule has 0 aliphatic carbocycles. The molecule has 9 aromatic carbocycles. The quantitative estimate of drug-likeness (QED) is 0.152. The molecule has 0 unspecified atom stereocenters. The van der Waals surface area contributed by atoms with Gasteiger partial charge < -0.3 is 9.47 Å². The second kappa shape index (κ2) is 14.4. The van der Waals surface area contributed by atoms with Crippen LogP contribution < -0.4 is 4.90 Å². The van der Waals surface area contributed by atoms with Gasteiger partial charge in [0.05, 0.1) is 11.0 Å². The van der Waals surface area contributed by atoms with Gasteiger partial charge in [0, 0.05) is 39.1 Å². The molecule has 264 valence electrons. The third-order valence-corrected chi connectivity index (χ3v) is 10.8. The summed E-state index contributed by atoms with van der Waals surface area (Å²) in [6.07, 6.45) is 0. The van der Waals surface area contributed by atoms with Crippen molar-refractivity contribution in [2.75, 3.05) is 4.90 Å². The lowest BCUT2D eigenvalue weighted by Gasteiger charge is -2.26. The van der Waals surface area contributed by atoms with Gasteiger partial charge in [-0.15, -0.1) is 0 Å². The van der Waals surface area contributed by atoms with Gasteiger partial charge >= 0.3 is 0 Å². The zero-order valence-electron chi connectivity index (χ0n) is 30.8. The summed E-state index contributed by atoms with van der Waals surface area (Å²) < 4.78 is 2.42. The third kappa shape index (κ3) is 6.14. The predicted molar refractivity (Wildman–Crippen MR) is 237 cm³/mol. The van der Waals surface area contributed by atoms with Crippen LogP contribution in [0, 0.1) is 0 Å². The highest BCUT2D eigenvalue weighted by Crippen LogP contribution is 2.40. The number of para-hydroxylation sites is 2. The number of benzene rings is 9. The van der Waals surface area contributed by atoms with Crippen molar-refractivity contribution in [1.82, 2.24) is 4.57 Å². The largest absolute Gasteiger partial charge is 0.311 e. The Morgan fingerprint density at radius 3 is 1.12 bits per heavy atom. The van der Waals surface area contributed by atoms with Gasteiger partial charge in [0.15, 0.2) is 0 Å². The molecule has 0 saturated carbocycles. The molecule has 0 atom stereocenters. The van der Waals surface area contributed by atoms with Crippen LogP contribution in [0.1, 0.15) is 0 Å². The molecule has 0 radical (unpaired) electrons. The summed E-state index contributed by atoms with van der Waals surface area (Å²) in [6, 6.07) is 82.9. The lowest BCUT2D eigenvalue weighted by Crippen LogP contribution is -2.09. The summed E-state index contributed by atoms with van der Waals surface area (Å²) in [5.41, 5.74) is 16.5. The summed E-state index contributed by atoms with van der Waals surface area (Å²) in [7, 11) is 0. The smallest absolute Gasteiger partial charge is 0.0619 e. The molecule has 10 aromatic rings. The highest BCUT2D eigenvalue weighted by atomic mass is 15.1. The van der Waals surface area contributed by atoms with Crippen LogP contribution in [0.2, 0.25) is 0 Å². The van der Waals surface area contributed by atoms with Crippen LogP contribution in [-0.2, 0) is 0 Å². The number of hydrogen-bond acceptors (Lipinski definition) is 1. The molecule has 0 aliphatic heterocycles. The Balaban J connectivity index is 1.00. The fourth-order valence-electron chi connectivity index (χ4n) is 8.06. The van der Waals surface area contributed by atoms with Gasteiger partial charge in [0.1, 0.15) is 0 Å². The highest BCUT2D eigenvalue weighted by molar-refractivity contribution is 6.13. The molecule has 0 N–H and O–H groups in total. The molecule has 0 aliphatic rings. The van der Waals surface area contributed by atoms with E-state index >= 15 is 0 Å². The van der Waals surface area contributed by atoms with E-state index in [1.807, 2.05) is 0 Å². The normalized spacial score (nSPS) is 11.2. The van der Waals surface area contributed by atoms with E-state index in [9.17, 15) is 0 Å². The molecule has 56 heavy (non-hydrogen) atoms. The van der Waals surface area contributed by atoms with Crippen molar-refractivity contribution in [2.45, 2.75) is 0 Å². The van der Waals surface area contributed by atoms with Crippen LogP contribution in [0.4, 0.5) is 17.1 Å². The fraction of sp³-hybridized carbons (Fsp3) is 0. The maximum absolute atomic E-state index is 2.42. The lowest BCUT2D eigenvalue weighted by molar-refractivity contribution is 1.18. The Labute approximate surface area is 327 Å². The number of rotatable bonds is 8. The van der Waals surface area contributed by atoms with Crippen molar-refractivity contribution in [3.05, 3.63) is 231 Å². The van der Waals surface area contributed by atoms with E-state index in [1.54, 1.807) is 0 Å². The molecule has 0 fully saturated rings. The van der Waals surface area contributed by atoms with Gasteiger partial charge in [-0.3, -0.25) is 0 Å². The van der Waals surface area contributed by atoms with E-state index in [-0.39, 0.29) is 0 Å². The molecule has 0 spiro atoms. The Hall–Kier alpha value is -7.42. The average Bonchev–Trinajstić information content (AvgIpc) is 3.63. The van der Waals surface area contributed by atoms with Gasteiger partial charge in [-0.25, -0.2) is 0 Å². The van der Waals surface area contributed by atoms with Gasteiger partial charge in [-0.2, -0.15) is 0 Å². The summed E-state index contributed by atoms with van der Waals surface area (Å²) in [6.45, 7) is 0. The van der Waals surface area contributed by atoms with Crippen molar-refractivity contribution in [3.8, 4) is 50.2 Å². The van der Waals surface area contributed by atoms with Crippen molar-refractivity contribution >= 4 is 38.9 Å². The highest BCUT2D eigenvalue weighted by Gasteiger charge is 2.17. The molecule has 10 rings (SSSR count). The molecular weight excluding hydrogens is 677 g/mol. The van der Waals surface area contributed by atoms with Crippen molar-refractivity contribution in [2.24, 2.45) is 0 Å². The molecule has 0 bridgehead atoms. The first-order chi connectivity index (χ1) is 27.8. The Kier molecular flexibility index (Phi) is 8.55. The second-order valence-electron chi connectivity index (χ2n) is 14.2. The number of nitrogens with zero attached hydrogens (tertiary/aromatic N) is 2. The number of anilines is 3. The maximum Gasteiger partial charge on any atom is 0.0619 e. The predicted octanol–water partition coefficient (Wildman–Crippen LogP) is 14.9. The summed E-state index contributed by atoms with van der Waals surface area (Å²) in [5, 5.41) is 2.52. The van der Waals surface area contributed by atoms with E-state index in [2.05, 4.69) is 240 Å². The van der Waals surface area contributed by atoms with Crippen molar-refractivity contribution < 1.29 is 0 Å². The van der Waals surface area contributed by atoms with Crippen LogP contribution in [0.5, 0.6) is 0 Å². The van der Waals surface area contributed by atoms with Crippen LogP contribution in [-0.4, -0.2) is 4.57 Å². The average molecular weight is 715 g/mol. The summed E-state index contributed by atoms with van der Waals surface area (Å²) in [4.78, 5) is 2.34. The molecule has 2 heteroatoms. The number of aromatic nitrogens is 1. The van der Waals surface area contributed by atoms with Crippen LogP contribution in [0.3, 0.4) is 0 Å². The lowest BCUT2D eigenvalue weighted by atomic mass is 10.0. The van der Waals surface area contributed by atoms with Crippen LogP contribution in [0.15, 0.2) is 231 Å². The van der Waals surface area contributed by atoms with E-state index < -0.39 is 0 Å². The molecule has 2 nitrogen and oxygen atoms in total. The van der Waals surface area contributed by atoms with Gasteiger partial charge in [0.25, 0.3) is 0 Å². The topological polar surface area (TPSA) is 8.17 Å². The first-order valence-electron chi connectivity index (χ1n) is 19.2. The summed E-state index contributed by atoms with van der Waals surface area (Å²) >= 11 is 0. The molecular formula is C54H38N2. The van der Waals surface area contributed by atoms with E-state index in [0.29, 0.717) is 0 Å². The Morgan fingerprint density at radius 1 is 0.268 bits per heavy atom. The van der Waals surface area contributed by atoms with Crippen LogP contribution >= 0.6 is 0 Å². The molecule has 1 aromatic heterocycles. The molecule has 0 saturated heterocycles. The zero-order valence-corrected chi connectivity index (χ0v) is 30.8. The van der Waals surface area contributed by atoms with E-state index in [1.165, 1.54) is 66.3 Å². The SMILES string of the molecule is c1ccc(-c2ccc(N(c3ccc(-c4ccccc4)cc3)c3ccc(-c4ccc(-n5c6ccccc6c6cccc(-c7ccccc7)c65)cc4)cc3)cc2)cc1. The second-order valence-corrected chi connectivity index (χ2v) is 14.2. The summed E-state index contributed by atoms with van der Waals surface area (Å²) in [5.74, 6) is 0. The third-order valence-electron chi connectivity index (χ3n) is 10.8. The van der Waals surface area contributed by atoms with E-state index in [4.69, 9.17) is 0 Å². The monoisotopic (exact) mass is 714 g/mol. The maximum atomic E-state index is 2.42. The molecule has 0 amide bonds. The number of fused-ring (bicyclic) bond motifs is 3. The first kappa shape index (κ1) is 33.2. The minimum atomic E-state index is 1.10. The fourth-order valence-corrected chi connectivity index (χ4v) is 8.06. The minimum absolute atomic E-state index is 1.10. The number of hydrogen-bond donors (Lipinski definition) is 0. The first-order valence-corrected chi connectivity index (χ1v) is 19.2. The van der Waals surface area contributed by atoms with Gasteiger partial charge in [-0.05, 0) is 93.5 Å². The van der Waals surface area contributed by atoms with E-state index in [0.717, 1.165) is 22.7 Å².